The average molecular weight is 881 g/mol. The molecule has 0 aliphatic rings. The average Bonchev–Trinajstić information content (AvgIpc) is 3.22. The fourth-order valence-electron chi connectivity index (χ4n) is 6.10. The van der Waals surface area contributed by atoms with Crippen LogP contribution in [0.3, 0.4) is 0 Å². The lowest BCUT2D eigenvalue weighted by Gasteiger charge is -2.16. The van der Waals surface area contributed by atoms with Crippen LogP contribution in [0.4, 0.5) is 17.1 Å². The molecule has 0 aliphatic carbocycles. The zero-order chi connectivity index (χ0) is 45.5. The van der Waals surface area contributed by atoms with Gasteiger partial charge < -0.3 is 31.1 Å². The Hall–Kier alpha value is -7.49. The van der Waals surface area contributed by atoms with E-state index in [2.05, 4.69) is 15.4 Å². The highest BCUT2D eigenvalue weighted by molar-refractivity contribution is 7.92. The molecule has 5 aromatic rings. The lowest BCUT2D eigenvalue weighted by atomic mass is 10.0. The number of Topliss-reactive ketones (excluding diaryl/α,β-unsaturated/α-hetero) is 1. The predicted molar refractivity (Wildman–Crippen MR) is 229 cm³/mol. The number of aromatic carboxylic acids is 1. The number of hydrogen-bond acceptors (Lipinski definition) is 12. The first-order valence-electron chi connectivity index (χ1n) is 18.5. The number of hydrogen-bond donors (Lipinski definition) is 7. The van der Waals surface area contributed by atoms with Gasteiger partial charge >= 0.3 is 5.97 Å². The Kier molecular flexibility index (Phi) is 13.8. The van der Waals surface area contributed by atoms with Crippen LogP contribution in [0, 0.1) is 31.1 Å². The van der Waals surface area contributed by atoms with Crippen LogP contribution in [-0.4, -0.2) is 66.6 Å². The third-order valence-electron chi connectivity index (χ3n) is 9.75. The number of ketones is 1. The molecular formula is C44H40N4O12S2. The number of sulfonamides is 1. The highest BCUT2D eigenvalue weighted by Crippen LogP contribution is 2.33. The van der Waals surface area contributed by atoms with E-state index < -0.39 is 67.2 Å². The molecule has 1 atom stereocenters. The summed E-state index contributed by atoms with van der Waals surface area (Å²) in [6.07, 6.45) is 1.22. The fraction of sp³-hybridized carbons (Fsp3) is 0.159. The highest BCUT2D eigenvalue weighted by atomic mass is 32.2. The number of allylic oxidation sites excluding steroid dienone is 1. The number of phenolic OH excluding ortho intramolecular Hbond substituents is 2. The van der Waals surface area contributed by atoms with E-state index in [0.717, 1.165) is 29.8 Å². The molecule has 0 radical (unpaired) electrons. The largest absolute Gasteiger partial charge is 0.508 e. The summed E-state index contributed by atoms with van der Waals surface area (Å²) < 4.78 is 55.7. The molecular weight excluding hydrogens is 841 g/mol. The molecule has 2 amide bonds. The molecule has 7 N–H and O–H groups in total. The number of aromatic hydroxyl groups is 3. The summed E-state index contributed by atoms with van der Waals surface area (Å²) in [5, 5.41) is 54.1. The van der Waals surface area contributed by atoms with Crippen LogP contribution in [0.2, 0.25) is 0 Å². The molecule has 0 aromatic heterocycles. The van der Waals surface area contributed by atoms with Crippen LogP contribution in [0.25, 0.3) is 6.08 Å². The van der Waals surface area contributed by atoms with Gasteiger partial charge in [-0.25, -0.2) is 21.6 Å². The SMILES string of the molecule is C/C(=C\c1ccc(O)cc1)C(=O)Cc1ccc(S(=O)(=O)C[C@@H](CC#N)C(=O)Nc2ccc(S(=O)(=O)Nc3ccc(C(=O)Nc4ccc(C(=O)O)c(O)c4C)c(O)c3C)cc2)cc1. The van der Waals surface area contributed by atoms with E-state index in [1.165, 1.54) is 74.5 Å². The van der Waals surface area contributed by atoms with Crippen molar-refractivity contribution in [2.45, 2.75) is 43.4 Å². The van der Waals surface area contributed by atoms with Crippen molar-refractivity contribution in [3.8, 4) is 23.3 Å². The number of sulfone groups is 1. The maximum atomic E-state index is 13.4. The molecule has 62 heavy (non-hydrogen) atoms. The summed E-state index contributed by atoms with van der Waals surface area (Å²) in [7, 11) is -8.41. The summed E-state index contributed by atoms with van der Waals surface area (Å²) in [4.78, 5) is 50.0. The van der Waals surface area contributed by atoms with Crippen LogP contribution < -0.4 is 15.4 Å². The van der Waals surface area contributed by atoms with Crippen LogP contribution in [-0.2, 0) is 35.9 Å². The Balaban J connectivity index is 1.21. The van der Waals surface area contributed by atoms with Gasteiger partial charge in [-0.3, -0.25) is 19.1 Å². The third kappa shape index (κ3) is 10.8. The van der Waals surface area contributed by atoms with Gasteiger partial charge in [0.25, 0.3) is 15.9 Å². The minimum Gasteiger partial charge on any atom is -0.508 e. The molecule has 0 saturated heterocycles. The molecule has 0 spiro atoms. The molecule has 16 nitrogen and oxygen atoms in total. The molecule has 0 bridgehead atoms. The summed E-state index contributed by atoms with van der Waals surface area (Å²) in [6.45, 7) is 4.40. The number of benzene rings is 5. The van der Waals surface area contributed by atoms with Crippen LogP contribution in [0.1, 0.15) is 56.3 Å². The van der Waals surface area contributed by atoms with Gasteiger partial charge in [-0.2, -0.15) is 5.26 Å². The van der Waals surface area contributed by atoms with Crippen molar-refractivity contribution in [3.05, 3.63) is 136 Å². The van der Waals surface area contributed by atoms with Gasteiger partial charge in [-0.1, -0.05) is 24.3 Å². The number of amides is 2. The van der Waals surface area contributed by atoms with E-state index in [1.807, 2.05) is 6.07 Å². The first-order valence-corrected chi connectivity index (χ1v) is 21.7. The molecule has 5 rings (SSSR count). The topological polar surface area (TPSA) is 277 Å². The maximum absolute atomic E-state index is 13.4. The van der Waals surface area contributed by atoms with E-state index >= 15 is 0 Å². The van der Waals surface area contributed by atoms with Crippen molar-refractivity contribution in [1.29, 1.82) is 5.26 Å². The molecule has 0 unspecified atom stereocenters. The second kappa shape index (κ2) is 18.8. The van der Waals surface area contributed by atoms with Gasteiger partial charge in [0, 0.05) is 35.3 Å². The van der Waals surface area contributed by atoms with Crippen LogP contribution >= 0.6 is 0 Å². The molecule has 5 aromatic carbocycles. The van der Waals surface area contributed by atoms with Gasteiger partial charge in [-0.15, -0.1) is 0 Å². The number of carboxylic acid groups (broad SMARTS) is 1. The molecule has 0 saturated carbocycles. The quantitative estimate of drug-likeness (QED) is 0.0535. The summed E-state index contributed by atoms with van der Waals surface area (Å²) in [6, 6.07) is 23.4. The first kappa shape index (κ1) is 45.6. The summed E-state index contributed by atoms with van der Waals surface area (Å²) >= 11 is 0. The van der Waals surface area contributed by atoms with Crippen molar-refractivity contribution in [2.24, 2.45) is 5.92 Å². The lowest BCUT2D eigenvalue weighted by Crippen LogP contribution is -2.29. The molecule has 320 valence electrons. The van der Waals surface area contributed by atoms with Crippen molar-refractivity contribution in [3.63, 3.8) is 0 Å². The highest BCUT2D eigenvalue weighted by Gasteiger charge is 2.28. The molecule has 0 fully saturated rings. The zero-order valence-electron chi connectivity index (χ0n) is 33.3. The second-order valence-electron chi connectivity index (χ2n) is 14.2. The standard InChI is InChI=1S/C44H40N4O12S2/c1-25(22-28-4-10-32(49)11-5-28)39(50)23-29-6-12-33(13-7-29)61(57,58)24-30(20-21-45)42(53)46-31-8-14-34(15-9-31)62(59,60)48-38-19-16-35(40(51)27(38)3)43(54)47-37-18-17-36(44(55)56)41(52)26(37)2/h4-19,22,30,48-49,51-52H,20,23-24H2,1-3H3,(H,46,53)(H,47,54)(H,55,56)/b25-22+/t30-/m1/s1. The predicted octanol–water partition coefficient (Wildman–Crippen LogP) is 6.33. The van der Waals surface area contributed by atoms with Crippen molar-refractivity contribution in [1.82, 2.24) is 0 Å². The van der Waals surface area contributed by atoms with Gasteiger partial charge in [0.05, 0.1) is 38.8 Å². The third-order valence-corrected chi connectivity index (χ3v) is 13.0. The minimum atomic E-state index is -4.31. The second-order valence-corrected chi connectivity index (χ2v) is 17.9. The van der Waals surface area contributed by atoms with E-state index in [1.54, 1.807) is 25.1 Å². The molecule has 18 heteroatoms. The number of nitrogens with one attached hydrogen (secondary N) is 3. The number of carbonyl (C=O) groups excluding carboxylic acids is 3. The number of rotatable bonds is 16. The summed E-state index contributed by atoms with van der Waals surface area (Å²) in [5.41, 5.74) is 1.26. The number of phenols is 3. The van der Waals surface area contributed by atoms with Crippen molar-refractivity contribution < 1.29 is 56.4 Å². The zero-order valence-corrected chi connectivity index (χ0v) is 35.0. The van der Waals surface area contributed by atoms with Gasteiger partial charge in [0.15, 0.2) is 15.6 Å². The number of nitrogens with zero attached hydrogens (tertiary/aromatic N) is 1. The Morgan fingerprint density at radius 1 is 0.726 bits per heavy atom. The maximum Gasteiger partial charge on any atom is 0.339 e. The van der Waals surface area contributed by atoms with E-state index in [0.29, 0.717) is 11.1 Å². The molecule has 0 heterocycles. The fourth-order valence-corrected chi connectivity index (χ4v) is 8.76. The van der Waals surface area contributed by atoms with Gasteiger partial charge in [0.2, 0.25) is 5.91 Å². The monoisotopic (exact) mass is 880 g/mol. The lowest BCUT2D eigenvalue weighted by molar-refractivity contribution is -0.119. The smallest absolute Gasteiger partial charge is 0.339 e. The Morgan fingerprint density at radius 2 is 1.29 bits per heavy atom. The van der Waals surface area contributed by atoms with Gasteiger partial charge in [0.1, 0.15) is 22.8 Å². The Morgan fingerprint density at radius 3 is 1.90 bits per heavy atom. The van der Waals surface area contributed by atoms with Crippen LogP contribution in [0.15, 0.2) is 112 Å². The minimum absolute atomic E-state index is 0.00262. The normalized spacial score (nSPS) is 12.1. The summed E-state index contributed by atoms with van der Waals surface area (Å²) in [5.74, 6) is -6.24. The van der Waals surface area contributed by atoms with E-state index in [-0.39, 0.29) is 67.1 Å². The van der Waals surface area contributed by atoms with Crippen molar-refractivity contribution in [2.75, 3.05) is 21.1 Å². The Bertz CT molecular complexity index is 2870. The Labute approximate surface area is 356 Å². The van der Waals surface area contributed by atoms with E-state index in [9.17, 15) is 61.7 Å². The van der Waals surface area contributed by atoms with E-state index in [4.69, 9.17) is 0 Å². The van der Waals surface area contributed by atoms with Gasteiger partial charge in [-0.05, 0) is 116 Å². The van der Waals surface area contributed by atoms with Crippen molar-refractivity contribution >= 4 is 66.6 Å². The number of nitriles is 1. The molecule has 0 aliphatic heterocycles. The number of carbonyl (C=O) groups is 4. The first-order chi connectivity index (χ1) is 29.2. The number of carboxylic acids is 1. The van der Waals surface area contributed by atoms with Crippen LogP contribution in [0.5, 0.6) is 17.2 Å². The number of anilines is 3.